The second-order valence-electron chi connectivity index (χ2n) is 3.31. The van der Waals surface area contributed by atoms with Crippen molar-refractivity contribution in [1.82, 2.24) is 0 Å². The minimum absolute atomic E-state index is 0.0126. The Balaban J connectivity index is 2.67. The summed E-state index contributed by atoms with van der Waals surface area (Å²) in [5, 5.41) is 8.93. The Morgan fingerprint density at radius 2 is 2.20 bits per heavy atom. The topological polar surface area (TPSA) is 72.5 Å². The highest BCUT2D eigenvalue weighted by Crippen LogP contribution is 2.07. The standard InChI is InChI=1S/C11H15NO3/c1-15-11(14)10(12)6-8-3-2-4-9(5-8)7-13/h2-5,10,13H,6-7,12H2,1H3/t10-/m0/s1. The summed E-state index contributed by atoms with van der Waals surface area (Å²) in [7, 11) is 1.31. The monoisotopic (exact) mass is 209 g/mol. The predicted octanol–water partition coefficient (Wildman–Crippen LogP) is 0.222. The van der Waals surface area contributed by atoms with Gasteiger partial charge in [-0.25, -0.2) is 0 Å². The molecule has 4 nitrogen and oxygen atoms in total. The molecule has 0 bridgehead atoms. The highest BCUT2D eigenvalue weighted by Gasteiger charge is 2.13. The van der Waals surface area contributed by atoms with Gasteiger partial charge in [0.15, 0.2) is 0 Å². The van der Waals surface area contributed by atoms with Gasteiger partial charge in [-0.15, -0.1) is 0 Å². The van der Waals surface area contributed by atoms with Crippen LogP contribution in [0.3, 0.4) is 0 Å². The molecule has 0 saturated heterocycles. The molecule has 0 unspecified atom stereocenters. The van der Waals surface area contributed by atoms with E-state index in [4.69, 9.17) is 10.8 Å². The maximum Gasteiger partial charge on any atom is 0.322 e. The van der Waals surface area contributed by atoms with Gasteiger partial charge in [-0.3, -0.25) is 4.79 Å². The second kappa shape index (κ2) is 5.48. The number of methoxy groups -OCH3 is 1. The molecule has 1 aromatic carbocycles. The molecule has 0 fully saturated rings. The second-order valence-corrected chi connectivity index (χ2v) is 3.31. The molecule has 0 saturated carbocycles. The average Bonchev–Trinajstić information content (AvgIpc) is 2.28. The summed E-state index contributed by atoms with van der Waals surface area (Å²) < 4.78 is 4.53. The van der Waals surface area contributed by atoms with Crippen LogP contribution in [0.2, 0.25) is 0 Å². The minimum atomic E-state index is -0.649. The molecule has 0 radical (unpaired) electrons. The summed E-state index contributed by atoms with van der Waals surface area (Å²) in [6.45, 7) is -0.0126. The lowest BCUT2D eigenvalue weighted by Gasteiger charge is -2.09. The normalized spacial score (nSPS) is 12.2. The quantitative estimate of drug-likeness (QED) is 0.696. The van der Waals surface area contributed by atoms with E-state index in [1.165, 1.54) is 7.11 Å². The average molecular weight is 209 g/mol. The van der Waals surface area contributed by atoms with Crippen LogP contribution in [-0.2, 0) is 22.6 Å². The number of esters is 1. The Bertz CT molecular complexity index is 338. The number of hydrogen-bond donors (Lipinski definition) is 2. The van der Waals surface area contributed by atoms with E-state index in [2.05, 4.69) is 4.74 Å². The zero-order valence-electron chi connectivity index (χ0n) is 8.64. The highest BCUT2D eigenvalue weighted by molar-refractivity contribution is 5.75. The third-order valence-electron chi connectivity index (χ3n) is 2.13. The number of carbonyl (C=O) groups is 1. The lowest BCUT2D eigenvalue weighted by atomic mass is 10.0. The number of aliphatic hydroxyl groups excluding tert-OH is 1. The number of ether oxygens (including phenoxy) is 1. The summed E-state index contributed by atoms with van der Waals surface area (Å²) in [6.07, 6.45) is 0.417. The molecule has 0 aromatic heterocycles. The van der Waals surface area contributed by atoms with Crippen LogP contribution in [0.1, 0.15) is 11.1 Å². The van der Waals surface area contributed by atoms with Gasteiger partial charge in [-0.2, -0.15) is 0 Å². The minimum Gasteiger partial charge on any atom is -0.468 e. The lowest BCUT2D eigenvalue weighted by molar-refractivity contribution is -0.142. The first-order chi connectivity index (χ1) is 7.17. The summed E-state index contributed by atoms with van der Waals surface area (Å²) in [6, 6.07) is 6.67. The van der Waals surface area contributed by atoms with Crippen LogP contribution in [0.15, 0.2) is 24.3 Å². The van der Waals surface area contributed by atoms with E-state index in [0.717, 1.165) is 11.1 Å². The smallest absolute Gasteiger partial charge is 0.322 e. The van der Waals surface area contributed by atoms with E-state index in [1.807, 2.05) is 24.3 Å². The molecule has 0 spiro atoms. The van der Waals surface area contributed by atoms with Crippen molar-refractivity contribution in [3.63, 3.8) is 0 Å². The van der Waals surface area contributed by atoms with Gasteiger partial charge in [0.1, 0.15) is 6.04 Å². The molecule has 1 rings (SSSR count). The number of rotatable bonds is 4. The Labute approximate surface area is 88.7 Å². The van der Waals surface area contributed by atoms with E-state index >= 15 is 0 Å². The number of hydrogen-bond acceptors (Lipinski definition) is 4. The van der Waals surface area contributed by atoms with Crippen molar-refractivity contribution in [2.45, 2.75) is 19.1 Å². The van der Waals surface area contributed by atoms with E-state index in [0.29, 0.717) is 6.42 Å². The highest BCUT2D eigenvalue weighted by atomic mass is 16.5. The van der Waals surface area contributed by atoms with Gasteiger partial charge in [-0.05, 0) is 17.5 Å². The maximum absolute atomic E-state index is 11.1. The van der Waals surface area contributed by atoms with Crippen LogP contribution in [0.4, 0.5) is 0 Å². The van der Waals surface area contributed by atoms with Gasteiger partial charge in [0.05, 0.1) is 13.7 Å². The van der Waals surface area contributed by atoms with Crippen LogP contribution in [0, 0.1) is 0 Å². The molecule has 0 heterocycles. The van der Waals surface area contributed by atoms with E-state index in [1.54, 1.807) is 0 Å². The summed E-state index contributed by atoms with van der Waals surface area (Å²) in [5.74, 6) is -0.426. The summed E-state index contributed by atoms with van der Waals surface area (Å²) in [4.78, 5) is 11.1. The lowest BCUT2D eigenvalue weighted by Crippen LogP contribution is -2.33. The van der Waals surface area contributed by atoms with Crippen LogP contribution < -0.4 is 5.73 Å². The van der Waals surface area contributed by atoms with Crippen molar-refractivity contribution in [3.8, 4) is 0 Å². The molecular formula is C11H15NO3. The zero-order chi connectivity index (χ0) is 11.3. The van der Waals surface area contributed by atoms with Crippen LogP contribution >= 0.6 is 0 Å². The molecule has 0 aliphatic heterocycles. The van der Waals surface area contributed by atoms with Crippen molar-refractivity contribution in [2.24, 2.45) is 5.73 Å². The molecule has 15 heavy (non-hydrogen) atoms. The molecule has 1 aromatic rings. The summed E-state index contributed by atoms with van der Waals surface area (Å²) in [5.41, 5.74) is 7.34. The fourth-order valence-electron chi connectivity index (χ4n) is 1.34. The van der Waals surface area contributed by atoms with Crippen molar-refractivity contribution in [3.05, 3.63) is 35.4 Å². The van der Waals surface area contributed by atoms with Crippen molar-refractivity contribution in [2.75, 3.05) is 7.11 Å². The maximum atomic E-state index is 11.1. The van der Waals surface area contributed by atoms with Crippen LogP contribution in [0.25, 0.3) is 0 Å². The van der Waals surface area contributed by atoms with Gasteiger partial charge < -0.3 is 15.6 Å². The predicted molar refractivity (Wildman–Crippen MR) is 56.1 cm³/mol. The van der Waals surface area contributed by atoms with E-state index in [9.17, 15) is 4.79 Å². The molecule has 0 aliphatic rings. The largest absolute Gasteiger partial charge is 0.468 e. The molecule has 0 amide bonds. The first kappa shape index (κ1) is 11.7. The number of carbonyl (C=O) groups excluding carboxylic acids is 1. The van der Waals surface area contributed by atoms with Crippen molar-refractivity contribution >= 4 is 5.97 Å². The molecule has 3 N–H and O–H groups in total. The van der Waals surface area contributed by atoms with E-state index < -0.39 is 12.0 Å². The van der Waals surface area contributed by atoms with Gasteiger partial charge in [0, 0.05) is 0 Å². The number of aliphatic hydroxyl groups is 1. The van der Waals surface area contributed by atoms with Gasteiger partial charge in [0.2, 0.25) is 0 Å². The number of nitrogens with two attached hydrogens (primary N) is 1. The van der Waals surface area contributed by atoms with Crippen LogP contribution in [0.5, 0.6) is 0 Å². The Kier molecular flexibility index (Phi) is 4.27. The summed E-state index contributed by atoms with van der Waals surface area (Å²) >= 11 is 0. The Morgan fingerprint density at radius 1 is 1.53 bits per heavy atom. The fraction of sp³-hybridized carbons (Fsp3) is 0.364. The van der Waals surface area contributed by atoms with Gasteiger partial charge >= 0.3 is 5.97 Å². The first-order valence-corrected chi connectivity index (χ1v) is 4.69. The Hall–Kier alpha value is -1.39. The fourth-order valence-corrected chi connectivity index (χ4v) is 1.34. The molecule has 82 valence electrons. The SMILES string of the molecule is COC(=O)[C@@H](N)Cc1cccc(CO)c1. The van der Waals surface area contributed by atoms with Gasteiger partial charge in [0.25, 0.3) is 0 Å². The third-order valence-corrected chi connectivity index (χ3v) is 2.13. The van der Waals surface area contributed by atoms with Crippen molar-refractivity contribution in [1.29, 1.82) is 0 Å². The first-order valence-electron chi connectivity index (χ1n) is 4.69. The van der Waals surface area contributed by atoms with E-state index in [-0.39, 0.29) is 6.61 Å². The van der Waals surface area contributed by atoms with Crippen molar-refractivity contribution < 1.29 is 14.6 Å². The third kappa shape index (κ3) is 3.34. The van der Waals surface area contributed by atoms with Crippen LogP contribution in [-0.4, -0.2) is 24.2 Å². The number of benzene rings is 1. The zero-order valence-corrected chi connectivity index (χ0v) is 8.64. The molecule has 1 atom stereocenters. The Morgan fingerprint density at radius 3 is 2.80 bits per heavy atom. The van der Waals surface area contributed by atoms with Gasteiger partial charge in [-0.1, -0.05) is 24.3 Å². The molecule has 4 heteroatoms. The molecule has 0 aliphatic carbocycles. The molecular weight excluding hydrogens is 194 g/mol.